The number of carboxylic acids is 1. The lowest BCUT2D eigenvalue weighted by atomic mass is 10.1. The number of allylic oxidation sites excluding steroid dienone is 1. The summed E-state index contributed by atoms with van der Waals surface area (Å²) >= 11 is 5.86. The second-order valence-electron chi connectivity index (χ2n) is 2.54. The number of carboxylic acid groups (broad SMARTS) is 1. The zero-order valence-corrected chi connectivity index (χ0v) is 7.66. The highest BCUT2D eigenvalue weighted by Gasteiger charge is 1.95. The van der Waals surface area contributed by atoms with E-state index in [2.05, 4.69) is 0 Å². The van der Waals surface area contributed by atoms with Crippen molar-refractivity contribution in [2.75, 3.05) is 0 Å². The molecule has 0 aliphatic carbocycles. The van der Waals surface area contributed by atoms with Crippen LogP contribution in [0, 0.1) is 0 Å². The van der Waals surface area contributed by atoms with Gasteiger partial charge in [-0.05, 0) is 18.1 Å². The van der Waals surface area contributed by atoms with Gasteiger partial charge in [-0.15, -0.1) is 0 Å². The van der Waals surface area contributed by atoms with E-state index in [1.807, 2.05) is 18.2 Å². The normalized spacial score (nSPS) is 10.5. The van der Waals surface area contributed by atoms with E-state index in [9.17, 15) is 4.79 Å². The molecule has 0 bridgehead atoms. The lowest BCUT2D eigenvalue weighted by Gasteiger charge is -1.97. The highest BCUT2D eigenvalue weighted by molar-refractivity contribution is 6.31. The maximum Gasteiger partial charge on any atom is 0.327 e. The molecular formula is C10H9ClO2. The van der Waals surface area contributed by atoms with Crippen LogP contribution in [0.4, 0.5) is 0 Å². The van der Waals surface area contributed by atoms with Gasteiger partial charge in [-0.3, -0.25) is 0 Å². The zero-order chi connectivity index (χ0) is 9.68. The van der Waals surface area contributed by atoms with Crippen LogP contribution in [-0.2, 0) is 11.2 Å². The Bertz CT molecular complexity index is 331. The molecular weight excluding hydrogens is 188 g/mol. The van der Waals surface area contributed by atoms with Crippen LogP contribution in [0.15, 0.2) is 36.4 Å². The molecule has 0 aliphatic heterocycles. The summed E-state index contributed by atoms with van der Waals surface area (Å²) in [6, 6.07) is 7.36. The maximum absolute atomic E-state index is 10.2. The molecule has 13 heavy (non-hydrogen) atoms. The van der Waals surface area contributed by atoms with Gasteiger partial charge in [0, 0.05) is 11.1 Å². The smallest absolute Gasteiger partial charge is 0.327 e. The highest BCUT2D eigenvalue weighted by Crippen LogP contribution is 2.15. The number of rotatable bonds is 3. The van der Waals surface area contributed by atoms with Gasteiger partial charge in [-0.25, -0.2) is 4.79 Å². The summed E-state index contributed by atoms with van der Waals surface area (Å²) in [5.74, 6) is -0.938. The van der Waals surface area contributed by atoms with Crippen molar-refractivity contribution in [3.05, 3.63) is 47.0 Å². The molecule has 0 amide bonds. The quantitative estimate of drug-likeness (QED) is 0.755. The van der Waals surface area contributed by atoms with E-state index < -0.39 is 5.97 Å². The molecule has 0 aliphatic rings. The lowest BCUT2D eigenvalue weighted by Crippen LogP contribution is -1.88. The summed E-state index contributed by atoms with van der Waals surface area (Å²) in [7, 11) is 0. The van der Waals surface area contributed by atoms with E-state index in [1.54, 1.807) is 12.1 Å². The Balaban J connectivity index is 2.64. The van der Waals surface area contributed by atoms with Crippen LogP contribution in [0.2, 0.25) is 5.02 Å². The average molecular weight is 197 g/mol. The van der Waals surface area contributed by atoms with Crippen molar-refractivity contribution in [3.8, 4) is 0 Å². The van der Waals surface area contributed by atoms with Crippen molar-refractivity contribution < 1.29 is 9.90 Å². The Hall–Kier alpha value is -1.28. The van der Waals surface area contributed by atoms with Crippen molar-refractivity contribution in [1.82, 2.24) is 0 Å². The van der Waals surface area contributed by atoms with E-state index in [1.165, 1.54) is 0 Å². The lowest BCUT2D eigenvalue weighted by molar-refractivity contribution is -0.131. The molecule has 0 saturated carbocycles. The summed E-state index contributed by atoms with van der Waals surface area (Å²) in [4.78, 5) is 10.2. The molecule has 1 rings (SSSR count). The molecule has 0 aromatic heterocycles. The van der Waals surface area contributed by atoms with E-state index in [4.69, 9.17) is 16.7 Å². The molecule has 0 fully saturated rings. The number of halogens is 1. The molecule has 68 valence electrons. The van der Waals surface area contributed by atoms with Crippen molar-refractivity contribution >= 4 is 17.6 Å². The highest BCUT2D eigenvalue weighted by atomic mass is 35.5. The van der Waals surface area contributed by atoms with Crippen molar-refractivity contribution in [1.29, 1.82) is 0 Å². The first-order chi connectivity index (χ1) is 6.20. The van der Waals surface area contributed by atoms with Gasteiger partial charge in [0.1, 0.15) is 0 Å². The van der Waals surface area contributed by atoms with E-state index >= 15 is 0 Å². The zero-order valence-electron chi connectivity index (χ0n) is 6.90. The van der Waals surface area contributed by atoms with Crippen molar-refractivity contribution in [2.24, 2.45) is 0 Å². The van der Waals surface area contributed by atoms with E-state index in [-0.39, 0.29) is 0 Å². The van der Waals surface area contributed by atoms with Gasteiger partial charge in [0.25, 0.3) is 0 Å². The summed E-state index contributed by atoms with van der Waals surface area (Å²) in [5.41, 5.74) is 0.932. The molecule has 1 N–H and O–H groups in total. The predicted molar refractivity (Wildman–Crippen MR) is 51.9 cm³/mol. The molecule has 0 atom stereocenters. The fourth-order valence-electron chi connectivity index (χ4n) is 0.951. The van der Waals surface area contributed by atoms with Gasteiger partial charge in [0.15, 0.2) is 0 Å². The third-order valence-electron chi connectivity index (χ3n) is 1.56. The molecule has 3 heteroatoms. The van der Waals surface area contributed by atoms with Gasteiger partial charge >= 0.3 is 5.97 Å². The summed E-state index contributed by atoms with van der Waals surface area (Å²) in [6.45, 7) is 0. The van der Waals surface area contributed by atoms with Gasteiger partial charge in [-0.1, -0.05) is 35.9 Å². The summed E-state index contributed by atoms with van der Waals surface area (Å²) in [5, 5.41) is 9.01. The third-order valence-corrected chi connectivity index (χ3v) is 1.92. The molecule has 1 aromatic rings. The molecule has 0 spiro atoms. The minimum Gasteiger partial charge on any atom is -0.478 e. The number of aliphatic carboxylic acids is 1. The van der Waals surface area contributed by atoms with E-state index in [0.29, 0.717) is 11.4 Å². The van der Waals surface area contributed by atoms with Crippen LogP contribution in [0.5, 0.6) is 0 Å². The third kappa shape index (κ3) is 3.30. The van der Waals surface area contributed by atoms with Crippen molar-refractivity contribution in [2.45, 2.75) is 6.42 Å². The van der Waals surface area contributed by atoms with Crippen LogP contribution in [0.25, 0.3) is 0 Å². The Morgan fingerprint density at radius 2 is 2.15 bits per heavy atom. The van der Waals surface area contributed by atoms with Gasteiger partial charge in [0.05, 0.1) is 0 Å². The fraction of sp³-hybridized carbons (Fsp3) is 0.100. The molecule has 0 unspecified atom stereocenters. The SMILES string of the molecule is O=C(O)C=CCc1ccccc1Cl. The van der Waals surface area contributed by atoms with Gasteiger partial charge < -0.3 is 5.11 Å². The topological polar surface area (TPSA) is 37.3 Å². The second-order valence-corrected chi connectivity index (χ2v) is 2.94. The monoisotopic (exact) mass is 196 g/mol. The molecule has 1 aromatic carbocycles. The average Bonchev–Trinajstić information content (AvgIpc) is 2.08. The maximum atomic E-state index is 10.2. The Morgan fingerprint density at radius 1 is 1.46 bits per heavy atom. The number of carbonyl (C=O) groups is 1. The molecule has 0 heterocycles. The van der Waals surface area contributed by atoms with Crippen LogP contribution in [-0.4, -0.2) is 11.1 Å². The predicted octanol–water partition coefficient (Wildman–Crippen LogP) is 2.52. The first-order valence-electron chi connectivity index (χ1n) is 3.83. The van der Waals surface area contributed by atoms with Crippen LogP contribution >= 0.6 is 11.6 Å². The number of benzene rings is 1. The second kappa shape index (κ2) is 4.67. The van der Waals surface area contributed by atoms with Crippen molar-refractivity contribution in [3.63, 3.8) is 0 Å². The summed E-state index contributed by atoms with van der Waals surface area (Å²) in [6.07, 6.45) is 3.23. The standard InChI is InChI=1S/C10H9ClO2/c11-9-6-2-1-4-8(9)5-3-7-10(12)13/h1-4,6-7H,5H2,(H,12,13). The Morgan fingerprint density at radius 3 is 2.77 bits per heavy atom. The van der Waals surface area contributed by atoms with Crippen LogP contribution in [0.3, 0.4) is 0 Å². The van der Waals surface area contributed by atoms with Crippen LogP contribution in [0.1, 0.15) is 5.56 Å². The Kier molecular flexibility index (Phi) is 3.53. The molecule has 0 saturated heterocycles. The van der Waals surface area contributed by atoms with E-state index in [0.717, 1.165) is 11.6 Å². The summed E-state index contributed by atoms with van der Waals surface area (Å²) < 4.78 is 0. The minimum atomic E-state index is -0.938. The largest absolute Gasteiger partial charge is 0.478 e. The first kappa shape index (κ1) is 9.81. The van der Waals surface area contributed by atoms with Gasteiger partial charge in [-0.2, -0.15) is 0 Å². The van der Waals surface area contributed by atoms with Crippen LogP contribution < -0.4 is 0 Å². The van der Waals surface area contributed by atoms with Gasteiger partial charge in [0.2, 0.25) is 0 Å². The number of hydrogen-bond acceptors (Lipinski definition) is 1. The molecule has 0 radical (unpaired) electrons. The number of hydrogen-bond donors (Lipinski definition) is 1. The fourth-order valence-corrected chi connectivity index (χ4v) is 1.16. The molecule has 2 nitrogen and oxygen atoms in total. The Labute approximate surface area is 81.5 Å². The minimum absolute atomic E-state index is 0.548. The first-order valence-corrected chi connectivity index (χ1v) is 4.21.